The van der Waals surface area contributed by atoms with Gasteiger partial charge in [0.2, 0.25) is 0 Å². The number of benzene rings is 1. The molecule has 0 spiro atoms. The topological polar surface area (TPSA) is 43.1 Å². The Morgan fingerprint density at radius 1 is 1.27 bits per heavy atom. The zero-order chi connectivity index (χ0) is 10.4. The molecule has 0 aliphatic heterocycles. The second kappa shape index (κ2) is 2.90. The summed E-state index contributed by atoms with van der Waals surface area (Å²) in [7, 11) is 0. The first-order chi connectivity index (χ1) is 7.25. The van der Waals surface area contributed by atoms with Gasteiger partial charge in [0.05, 0.1) is 5.52 Å². The van der Waals surface area contributed by atoms with Gasteiger partial charge >= 0.3 is 0 Å². The lowest BCUT2D eigenvalue weighted by molar-refractivity contribution is 0.989. The van der Waals surface area contributed by atoms with Crippen LogP contribution in [0.3, 0.4) is 0 Å². The molecular formula is C10H7ClN4. The fourth-order valence-corrected chi connectivity index (χ4v) is 1.78. The number of hydrogen-bond acceptors (Lipinski definition) is 3. The highest BCUT2D eigenvalue weighted by Crippen LogP contribution is 2.20. The van der Waals surface area contributed by atoms with E-state index in [1.165, 1.54) is 0 Å². The van der Waals surface area contributed by atoms with Crippen LogP contribution in [0.1, 0.15) is 5.82 Å². The van der Waals surface area contributed by atoms with Crippen molar-refractivity contribution in [3.05, 3.63) is 35.4 Å². The Kier molecular flexibility index (Phi) is 1.67. The van der Waals surface area contributed by atoms with E-state index in [2.05, 4.69) is 15.2 Å². The largest absolute Gasteiger partial charge is 0.269 e. The van der Waals surface area contributed by atoms with Crippen LogP contribution in [-0.2, 0) is 0 Å². The van der Waals surface area contributed by atoms with Crippen molar-refractivity contribution in [3.63, 3.8) is 0 Å². The summed E-state index contributed by atoms with van der Waals surface area (Å²) in [6.45, 7) is 1.89. The molecule has 0 unspecified atom stereocenters. The van der Waals surface area contributed by atoms with Crippen LogP contribution < -0.4 is 0 Å². The third kappa shape index (κ3) is 1.18. The summed E-state index contributed by atoms with van der Waals surface area (Å²) in [6.07, 6.45) is 1.72. The molecule has 1 aromatic carbocycles. The fraction of sp³-hybridized carbons (Fsp3) is 0.100. The second-order valence-corrected chi connectivity index (χ2v) is 3.78. The molecule has 2 heterocycles. The van der Waals surface area contributed by atoms with Gasteiger partial charge in [-0.15, -0.1) is 10.2 Å². The van der Waals surface area contributed by atoms with E-state index in [0.717, 1.165) is 22.4 Å². The van der Waals surface area contributed by atoms with Crippen LogP contribution in [0.4, 0.5) is 0 Å². The van der Waals surface area contributed by atoms with Crippen LogP contribution in [0.25, 0.3) is 16.6 Å². The summed E-state index contributed by atoms with van der Waals surface area (Å²) in [5, 5.41) is 9.71. The number of nitrogens with zero attached hydrogens (tertiary/aromatic N) is 4. The Morgan fingerprint density at radius 3 is 3.00 bits per heavy atom. The molecule has 0 aliphatic carbocycles. The van der Waals surface area contributed by atoms with Crippen LogP contribution in [-0.4, -0.2) is 19.6 Å². The van der Waals surface area contributed by atoms with Gasteiger partial charge in [0.15, 0.2) is 5.65 Å². The number of halogens is 1. The second-order valence-electron chi connectivity index (χ2n) is 3.35. The monoisotopic (exact) mass is 218 g/mol. The van der Waals surface area contributed by atoms with Crippen LogP contribution in [0.5, 0.6) is 0 Å². The Bertz CT molecular complexity index is 659. The lowest BCUT2D eigenvalue weighted by Crippen LogP contribution is -1.91. The van der Waals surface area contributed by atoms with E-state index in [1.807, 2.05) is 29.5 Å². The standard InChI is InChI=1S/C10H7ClN4/c1-6-13-14-10-8-4-7(11)2-3-9(8)12-5-15(6)10/h2-5H,1H3. The van der Waals surface area contributed by atoms with E-state index < -0.39 is 0 Å². The van der Waals surface area contributed by atoms with Crippen molar-refractivity contribution < 1.29 is 0 Å². The van der Waals surface area contributed by atoms with Gasteiger partial charge in [-0.3, -0.25) is 4.40 Å². The quantitative estimate of drug-likeness (QED) is 0.581. The summed E-state index contributed by atoms with van der Waals surface area (Å²) >= 11 is 5.94. The Labute approximate surface area is 90.5 Å². The van der Waals surface area contributed by atoms with Gasteiger partial charge in [0.1, 0.15) is 12.2 Å². The third-order valence-corrected chi connectivity index (χ3v) is 2.61. The molecule has 74 valence electrons. The zero-order valence-electron chi connectivity index (χ0n) is 7.98. The van der Waals surface area contributed by atoms with Gasteiger partial charge in [-0.2, -0.15) is 0 Å². The summed E-state index contributed by atoms with van der Waals surface area (Å²) in [6, 6.07) is 5.55. The highest BCUT2D eigenvalue weighted by molar-refractivity contribution is 6.31. The number of rotatable bonds is 0. The van der Waals surface area contributed by atoms with Crippen molar-refractivity contribution in [2.75, 3.05) is 0 Å². The molecule has 0 amide bonds. The first-order valence-electron chi connectivity index (χ1n) is 4.51. The molecule has 0 fully saturated rings. The summed E-state index contributed by atoms with van der Waals surface area (Å²) in [4.78, 5) is 4.31. The predicted octanol–water partition coefficient (Wildman–Crippen LogP) is 2.24. The molecule has 2 aromatic heterocycles. The summed E-state index contributed by atoms with van der Waals surface area (Å²) in [5.41, 5.74) is 1.67. The van der Waals surface area contributed by atoms with E-state index in [1.54, 1.807) is 6.33 Å². The molecule has 4 nitrogen and oxygen atoms in total. The number of aryl methyl sites for hydroxylation is 1. The number of aromatic nitrogens is 4. The zero-order valence-corrected chi connectivity index (χ0v) is 8.73. The van der Waals surface area contributed by atoms with Gasteiger partial charge in [-0.05, 0) is 25.1 Å². The van der Waals surface area contributed by atoms with Crippen molar-refractivity contribution in [1.82, 2.24) is 19.6 Å². The van der Waals surface area contributed by atoms with E-state index in [-0.39, 0.29) is 0 Å². The molecule has 5 heteroatoms. The molecule has 0 N–H and O–H groups in total. The van der Waals surface area contributed by atoms with Crippen LogP contribution >= 0.6 is 11.6 Å². The number of fused-ring (bicyclic) bond motifs is 3. The minimum atomic E-state index is 0.679. The molecule has 0 bridgehead atoms. The lowest BCUT2D eigenvalue weighted by atomic mass is 10.2. The third-order valence-electron chi connectivity index (χ3n) is 2.38. The van der Waals surface area contributed by atoms with E-state index in [0.29, 0.717) is 5.02 Å². The minimum Gasteiger partial charge on any atom is -0.269 e. The van der Waals surface area contributed by atoms with Crippen molar-refractivity contribution in [1.29, 1.82) is 0 Å². The fourth-order valence-electron chi connectivity index (χ4n) is 1.61. The Balaban J connectivity index is 2.57. The molecule has 3 aromatic rings. The van der Waals surface area contributed by atoms with Crippen molar-refractivity contribution in [3.8, 4) is 0 Å². The molecule has 0 saturated carbocycles. The van der Waals surface area contributed by atoms with Crippen molar-refractivity contribution in [2.24, 2.45) is 0 Å². The van der Waals surface area contributed by atoms with Crippen molar-refractivity contribution in [2.45, 2.75) is 6.92 Å². The van der Waals surface area contributed by atoms with E-state index in [4.69, 9.17) is 11.6 Å². The molecule has 15 heavy (non-hydrogen) atoms. The molecule has 0 radical (unpaired) electrons. The van der Waals surface area contributed by atoms with Gasteiger partial charge in [-0.25, -0.2) is 4.98 Å². The Hall–Kier alpha value is -1.68. The molecular weight excluding hydrogens is 212 g/mol. The van der Waals surface area contributed by atoms with Gasteiger partial charge in [0.25, 0.3) is 0 Å². The summed E-state index contributed by atoms with van der Waals surface area (Å²) in [5.74, 6) is 0.819. The van der Waals surface area contributed by atoms with Gasteiger partial charge < -0.3 is 0 Å². The first-order valence-corrected chi connectivity index (χ1v) is 4.89. The highest BCUT2D eigenvalue weighted by atomic mass is 35.5. The summed E-state index contributed by atoms with van der Waals surface area (Å²) < 4.78 is 1.85. The minimum absolute atomic E-state index is 0.679. The average molecular weight is 219 g/mol. The van der Waals surface area contributed by atoms with Crippen LogP contribution in [0.15, 0.2) is 24.5 Å². The van der Waals surface area contributed by atoms with E-state index in [9.17, 15) is 0 Å². The highest BCUT2D eigenvalue weighted by Gasteiger charge is 2.06. The lowest BCUT2D eigenvalue weighted by Gasteiger charge is -1.99. The smallest absolute Gasteiger partial charge is 0.171 e. The molecule has 0 saturated heterocycles. The molecule has 3 rings (SSSR count). The molecule has 0 atom stereocenters. The van der Waals surface area contributed by atoms with Gasteiger partial charge in [0, 0.05) is 10.4 Å². The Morgan fingerprint density at radius 2 is 2.13 bits per heavy atom. The first kappa shape index (κ1) is 8.61. The van der Waals surface area contributed by atoms with Crippen LogP contribution in [0, 0.1) is 6.92 Å². The average Bonchev–Trinajstić information content (AvgIpc) is 2.61. The van der Waals surface area contributed by atoms with E-state index >= 15 is 0 Å². The maximum absolute atomic E-state index is 5.94. The maximum Gasteiger partial charge on any atom is 0.171 e. The normalized spacial score (nSPS) is 11.3. The van der Waals surface area contributed by atoms with Gasteiger partial charge in [-0.1, -0.05) is 11.6 Å². The van der Waals surface area contributed by atoms with Crippen molar-refractivity contribution >= 4 is 28.2 Å². The number of hydrogen-bond donors (Lipinski definition) is 0. The van der Waals surface area contributed by atoms with Crippen LogP contribution in [0.2, 0.25) is 5.02 Å². The molecule has 0 aliphatic rings. The maximum atomic E-state index is 5.94. The SMILES string of the molecule is Cc1nnc2c3cc(Cl)ccc3ncn12. The predicted molar refractivity (Wildman–Crippen MR) is 58.0 cm³/mol.